The average Bonchev–Trinajstić information content (AvgIpc) is 2.11. The molecule has 0 heterocycles. The number of hydrogen-bond acceptors (Lipinski definition) is 3. The van der Waals surface area contributed by atoms with Crippen LogP contribution in [0, 0.1) is 5.92 Å². The van der Waals surface area contributed by atoms with Crippen molar-refractivity contribution in [2.75, 3.05) is 6.61 Å². The maximum Gasteiger partial charge on any atom is 0.341 e. The van der Waals surface area contributed by atoms with Crippen molar-refractivity contribution in [2.24, 2.45) is 5.92 Å². The molecule has 0 amide bonds. The number of hydrogen-bond donors (Lipinski definition) is 0. The largest absolute Gasteiger partial charge is 0.462 e. The molecule has 0 aliphatic rings. The Kier molecular flexibility index (Phi) is 5.04. The lowest BCUT2D eigenvalue weighted by molar-refractivity contribution is -0.141. The Morgan fingerprint density at radius 3 is 2.31 bits per heavy atom. The van der Waals surface area contributed by atoms with E-state index in [1.807, 2.05) is 13.8 Å². The Morgan fingerprint density at radius 1 is 1.38 bits per heavy atom. The molecule has 0 aliphatic carbocycles. The van der Waals surface area contributed by atoms with Crippen molar-refractivity contribution in [3.63, 3.8) is 0 Å². The molecule has 0 aromatic carbocycles. The SMILES string of the molecule is C=C(C(=O)CC)C(=O)OCC(C)C. The fourth-order valence-electron chi connectivity index (χ4n) is 0.657. The number of carbonyl (C=O) groups is 2. The molecule has 0 spiro atoms. The molecule has 0 aromatic rings. The van der Waals surface area contributed by atoms with Crippen molar-refractivity contribution in [1.82, 2.24) is 0 Å². The van der Waals surface area contributed by atoms with Gasteiger partial charge in [-0.25, -0.2) is 4.79 Å². The molecule has 0 atom stereocenters. The van der Waals surface area contributed by atoms with Crippen LogP contribution >= 0.6 is 0 Å². The van der Waals surface area contributed by atoms with E-state index in [4.69, 9.17) is 4.74 Å². The lowest BCUT2D eigenvalue weighted by Crippen LogP contribution is -2.16. The van der Waals surface area contributed by atoms with Gasteiger partial charge in [-0.2, -0.15) is 0 Å². The van der Waals surface area contributed by atoms with Crippen molar-refractivity contribution >= 4 is 11.8 Å². The summed E-state index contributed by atoms with van der Waals surface area (Å²) in [5.41, 5.74) is -0.0526. The first-order valence-corrected chi connectivity index (χ1v) is 4.38. The molecule has 0 aliphatic heterocycles. The maximum atomic E-state index is 11.1. The van der Waals surface area contributed by atoms with E-state index >= 15 is 0 Å². The average molecular weight is 184 g/mol. The van der Waals surface area contributed by atoms with Gasteiger partial charge in [-0.1, -0.05) is 27.4 Å². The number of carbonyl (C=O) groups excluding carboxylic acids is 2. The highest BCUT2D eigenvalue weighted by molar-refractivity contribution is 6.16. The van der Waals surface area contributed by atoms with Crippen LogP contribution in [0.25, 0.3) is 0 Å². The van der Waals surface area contributed by atoms with Gasteiger partial charge < -0.3 is 4.74 Å². The molecule has 0 unspecified atom stereocenters. The molecule has 0 N–H and O–H groups in total. The smallest absolute Gasteiger partial charge is 0.341 e. The van der Waals surface area contributed by atoms with Crippen LogP contribution in [0.5, 0.6) is 0 Å². The number of rotatable bonds is 5. The minimum Gasteiger partial charge on any atom is -0.462 e. The first kappa shape index (κ1) is 11.9. The lowest BCUT2D eigenvalue weighted by Gasteiger charge is -2.07. The summed E-state index contributed by atoms with van der Waals surface area (Å²) in [7, 11) is 0. The molecule has 0 rings (SSSR count). The first-order chi connectivity index (χ1) is 5.99. The second-order valence-corrected chi connectivity index (χ2v) is 3.25. The van der Waals surface area contributed by atoms with Crippen LogP contribution in [0.4, 0.5) is 0 Å². The Balaban J connectivity index is 3.98. The molecule has 3 nitrogen and oxygen atoms in total. The molecule has 13 heavy (non-hydrogen) atoms. The van der Waals surface area contributed by atoms with Crippen molar-refractivity contribution in [3.8, 4) is 0 Å². The Bertz CT molecular complexity index is 216. The standard InChI is InChI=1S/C10H16O3/c1-5-9(11)8(4)10(12)13-6-7(2)3/h7H,4-6H2,1-3H3. The van der Waals surface area contributed by atoms with Crippen LogP contribution in [0.2, 0.25) is 0 Å². The highest BCUT2D eigenvalue weighted by Crippen LogP contribution is 2.02. The number of ketones is 1. The Morgan fingerprint density at radius 2 is 1.92 bits per heavy atom. The number of esters is 1. The highest BCUT2D eigenvalue weighted by Gasteiger charge is 2.15. The molecule has 0 aromatic heterocycles. The zero-order chi connectivity index (χ0) is 10.4. The van der Waals surface area contributed by atoms with E-state index in [2.05, 4.69) is 6.58 Å². The zero-order valence-electron chi connectivity index (χ0n) is 8.42. The molecular weight excluding hydrogens is 168 g/mol. The van der Waals surface area contributed by atoms with E-state index in [9.17, 15) is 9.59 Å². The minimum atomic E-state index is -0.597. The van der Waals surface area contributed by atoms with Gasteiger partial charge >= 0.3 is 5.97 Å². The minimum absolute atomic E-state index is 0.0526. The lowest BCUT2D eigenvalue weighted by atomic mass is 10.1. The summed E-state index contributed by atoms with van der Waals surface area (Å²) >= 11 is 0. The second kappa shape index (κ2) is 5.51. The third kappa shape index (κ3) is 4.45. The third-order valence-corrected chi connectivity index (χ3v) is 1.45. The van der Waals surface area contributed by atoms with Gasteiger partial charge in [0.05, 0.1) is 12.2 Å². The molecule has 0 radical (unpaired) electrons. The summed E-state index contributed by atoms with van der Waals surface area (Å²) in [5, 5.41) is 0. The fraction of sp³-hybridized carbons (Fsp3) is 0.600. The van der Waals surface area contributed by atoms with Gasteiger partial charge in [-0.05, 0) is 5.92 Å². The van der Waals surface area contributed by atoms with Gasteiger partial charge in [0.2, 0.25) is 0 Å². The first-order valence-electron chi connectivity index (χ1n) is 4.38. The number of Topliss-reactive ketones (excluding diaryl/α,β-unsaturated/α-hetero) is 1. The summed E-state index contributed by atoms with van der Waals surface area (Å²) in [6.07, 6.45) is 0.287. The van der Waals surface area contributed by atoms with E-state index in [1.165, 1.54) is 0 Å². The van der Waals surface area contributed by atoms with Crippen molar-refractivity contribution in [2.45, 2.75) is 27.2 Å². The molecule has 0 fully saturated rings. The summed E-state index contributed by atoms with van der Waals surface area (Å²) in [4.78, 5) is 22.1. The fourth-order valence-corrected chi connectivity index (χ4v) is 0.657. The summed E-state index contributed by atoms with van der Waals surface area (Å²) < 4.78 is 4.83. The molecule has 0 saturated heterocycles. The van der Waals surface area contributed by atoms with Gasteiger partial charge in [0, 0.05) is 6.42 Å². The van der Waals surface area contributed by atoms with Crippen LogP contribution in [0.1, 0.15) is 27.2 Å². The molecule has 0 saturated carbocycles. The van der Waals surface area contributed by atoms with E-state index in [1.54, 1.807) is 6.92 Å². The van der Waals surface area contributed by atoms with Gasteiger partial charge in [0.25, 0.3) is 0 Å². The zero-order valence-corrected chi connectivity index (χ0v) is 8.42. The van der Waals surface area contributed by atoms with Crippen LogP contribution < -0.4 is 0 Å². The molecule has 0 bridgehead atoms. The number of ether oxygens (including phenoxy) is 1. The Hall–Kier alpha value is -1.12. The van der Waals surface area contributed by atoms with Crippen molar-refractivity contribution in [1.29, 1.82) is 0 Å². The van der Waals surface area contributed by atoms with E-state index in [-0.39, 0.29) is 23.7 Å². The second-order valence-electron chi connectivity index (χ2n) is 3.25. The molecule has 74 valence electrons. The van der Waals surface area contributed by atoms with Crippen LogP contribution in [-0.4, -0.2) is 18.4 Å². The predicted octanol–water partition coefficient (Wildman–Crippen LogP) is 1.72. The van der Waals surface area contributed by atoms with Crippen LogP contribution in [0.3, 0.4) is 0 Å². The normalized spacial score (nSPS) is 9.85. The van der Waals surface area contributed by atoms with Crippen molar-refractivity contribution in [3.05, 3.63) is 12.2 Å². The molecular formula is C10H16O3. The highest BCUT2D eigenvalue weighted by atomic mass is 16.5. The van der Waals surface area contributed by atoms with Crippen LogP contribution in [-0.2, 0) is 14.3 Å². The third-order valence-electron chi connectivity index (χ3n) is 1.45. The molecule has 3 heteroatoms. The summed E-state index contributed by atoms with van der Waals surface area (Å²) in [6, 6.07) is 0. The predicted molar refractivity (Wildman–Crippen MR) is 50.2 cm³/mol. The summed E-state index contributed by atoms with van der Waals surface area (Å²) in [6.45, 7) is 9.25. The topological polar surface area (TPSA) is 43.4 Å². The summed E-state index contributed by atoms with van der Waals surface area (Å²) in [5.74, 6) is -0.581. The van der Waals surface area contributed by atoms with E-state index < -0.39 is 5.97 Å². The monoisotopic (exact) mass is 184 g/mol. The van der Waals surface area contributed by atoms with Gasteiger partial charge in [-0.3, -0.25) is 4.79 Å². The van der Waals surface area contributed by atoms with E-state index in [0.717, 1.165) is 0 Å². The van der Waals surface area contributed by atoms with Gasteiger partial charge in [0.15, 0.2) is 5.78 Å². The maximum absolute atomic E-state index is 11.1. The van der Waals surface area contributed by atoms with Gasteiger partial charge in [-0.15, -0.1) is 0 Å². The van der Waals surface area contributed by atoms with Crippen molar-refractivity contribution < 1.29 is 14.3 Å². The van der Waals surface area contributed by atoms with Gasteiger partial charge in [0.1, 0.15) is 0 Å². The quantitative estimate of drug-likeness (QED) is 0.283. The Labute approximate surface area is 78.8 Å². The van der Waals surface area contributed by atoms with E-state index in [0.29, 0.717) is 6.61 Å². The van der Waals surface area contributed by atoms with Crippen LogP contribution in [0.15, 0.2) is 12.2 Å².